The zero-order valence-corrected chi connectivity index (χ0v) is 10.8. The number of nitrogens with zero attached hydrogens (tertiary/aromatic N) is 2. The van der Waals surface area contributed by atoms with E-state index in [2.05, 4.69) is 40.9 Å². The topological polar surface area (TPSA) is 17.8 Å². The standard InChI is InChI=1S/C11H19BrN2/c1-4-9(12)6-7-11-8-10(5-2)13-14(11)3/h8-9H,4-7H2,1-3H3. The summed E-state index contributed by atoms with van der Waals surface area (Å²) in [4.78, 5) is 0.641. The Bertz CT molecular complexity index is 281. The summed E-state index contributed by atoms with van der Waals surface area (Å²) in [5.74, 6) is 0. The number of aryl methyl sites for hydroxylation is 3. The van der Waals surface area contributed by atoms with E-state index in [1.165, 1.54) is 24.2 Å². The van der Waals surface area contributed by atoms with Gasteiger partial charge in [0.1, 0.15) is 0 Å². The minimum atomic E-state index is 0.641. The second-order valence-electron chi connectivity index (χ2n) is 3.65. The summed E-state index contributed by atoms with van der Waals surface area (Å²) in [5.41, 5.74) is 2.55. The maximum absolute atomic E-state index is 4.43. The highest BCUT2D eigenvalue weighted by molar-refractivity contribution is 9.09. The van der Waals surface area contributed by atoms with E-state index in [-0.39, 0.29) is 0 Å². The number of hydrogen-bond acceptors (Lipinski definition) is 1. The Morgan fingerprint density at radius 2 is 2.21 bits per heavy atom. The summed E-state index contributed by atoms with van der Waals surface area (Å²) in [6, 6.07) is 2.22. The first-order valence-electron chi connectivity index (χ1n) is 5.33. The highest BCUT2D eigenvalue weighted by Gasteiger charge is 2.06. The molecular weight excluding hydrogens is 240 g/mol. The Labute approximate surface area is 94.8 Å². The van der Waals surface area contributed by atoms with Gasteiger partial charge in [0, 0.05) is 17.6 Å². The number of rotatable bonds is 5. The predicted octanol–water partition coefficient (Wildman–Crippen LogP) is 3.09. The number of halogens is 1. The molecule has 0 aliphatic rings. The van der Waals surface area contributed by atoms with Gasteiger partial charge < -0.3 is 0 Å². The van der Waals surface area contributed by atoms with Gasteiger partial charge in [-0.1, -0.05) is 29.8 Å². The van der Waals surface area contributed by atoms with Crippen LogP contribution in [0, 0.1) is 0 Å². The van der Waals surface area contributed by atoms with E-state index in [1.54, 1.807) is 0 Å². The first-order valence-corrected chi connectivity index (χ1v) is 6.24. The molecule has 3 heteroatoms. The molecule has 0 N–H and O–H groups in total. The first-order chi connectivity index (χ1) is 6.67. The van der Waals surface area contributed by atoms with Crippen molar-refractivity contribution in [3.05, 3.63) is 17.5 Å². The molecule has 1 heterocycles. The van der Waals surface area contributed by atoms with E-state index in [1.807, 2.05) is 11.7 Å². The van der Waals surface area contributed by atoms with Crippen molar-refractivity contribution in [2.75, 3.05) is 0 Å². The van der Waals surface area contributed by atoms with Gasteiger partial charge in [-0.05, 0) is 31.7 Å². The lowest BCUT2D eigenvalue weighted by atomic mass is 10.1. The summed E-state index contributed by atoms with van der Waals surface area (Å²) in [6.07, 6.45) is 4.53. The van der Waals surface area contributed by atoms with Gasteiger partial charge in [-0.3, -0.25) is 4.68 Å². The number of aromatic nitrogens is 2. The lowest BCUT2D eigenvalue weighted by Gasteiger charge is -2.05. The van der Waals surface area contributed by atoms with Crippen LogP contribution >= 0.6 is 15.9 Å². The number of hydrogen-bond donors (Lipinski definition) is 0. The molecule has 1 aromatic heterocycles. The van der Waals surface area contributed by atoms with Gasteiger partial charge >= 0.3 is 0 Å². The van der Waals surface area contributed by atoms with Crippen molar-refractivity contribution in [3.8, 4) is 0 Å². The molecule has 0 aliphatic carbocycles. The monoisotopic (exact) mass is 258 g/mol. The maximum Gasteiger partial charge on any atom is 0.0624 e. The highest BCUT2D eigenvalue weighted by Crippen LogP contribution is 2.14. The fourth-order valence-corrected chi connectivity index (χ4v) is 1.72. The molecule has 80 valence electrons. The fourth-order valence-electron chi connectivity index (χ4n) is 1.49. The summed E-state index contributed by atoms with van der Waals surface area (Å²) in [5, 5.41) is 4.43. The van der Waals surface area contributed by atoms with Gasteiger partial charge in [0.2, 0.25) is 0 Å². The van der Waals surface area contributed by atoms with Crippen LogP contribution in [0.3, 0.4) is 0 Å². The van der Waals surface area contributed by atoms with Gasteiger partial charge in [-0.2, -0.15) is 5.10 Å². The zero-order chi connectivity index (χ0) is 10.6. The molecule has 1 atom stereocenters. The molecule has 0 radical (unpaired) electrons. The van der Waals surface area contributed by atoms with Crippen molar-refractivity contribution in [2.45, 2.75) is 44.4 Å². The first kappa shape index (κ1) is 11.8. The molecule has 1 unspecified atom stereocenters. The molecule has 0 fully saturated rings. The van der Waals surface area contributed by atoms with E-state index < -0.39 is 0 Å². The van der Waals surface area contributed by atoms with E-state index >= 15 is 0 Å². The lowest BCUT2D eigenvalue weighted by Crippen LogP contribution is -2.03. The minimum Gasteiger partial charge on any atom is -0.272 e. The van der Waals surface area contributed by atoms with Crippen molar-refractivity contribution in [2.24, 2.45) is 7.05 Å². The van der Waals surface area contributed by atoms with Gasteiger partial charge in [-0.25, -0.2) is 0 Å². The molecule has 0 aromatic carbocycles. The Kier molecular flexibility index (Phi) is 4.66. The third kappa shape index (κ3) is 3.12. The second kappa shape index (κ2) is 5.54. The van der Waals surface area contributed by atoms with Crippen LogP contribution in [0.5, 0.6) is 0 Å². The van der Waals surface area contributed by atoms with Crippen LogP contribution < -0.4 is 0 Å². The van der Waals surface area contributed by atoms with E-state index in [4.69, 9.17) is 0 Å². The Balaban J connectivity index is 2.53. The zero-order valence-electron chi connectivity index (χ0n) is 9.26. The SMILES string of the molecule is CCc1cc(CCC(Br)CC)n(C)n1. The average molecular weight is 259 g/mol. The summed E-state index contributed by atoms with van der Waals surface area (Å²) >= 11 is 3.65. The molecule has 2 nitrogen and oxygen atoms in total. The highest BCUT2D eigenvalue weighted by atomic mass is 79.9. The quantitative estimate of drug-likeness (QED) is 0.743. The molecule has 0 bridgehead atoms. The van der Waals surface area contributed by atoms with E-state index in [0.29, 0.717) is 4.83 Å². The Morgan fingerprint density at radius 1 is 1.50 bits per heavy atom. The van der Waals surface area contributed by atoms with E-state index in [0.717, 1.165) is 12.8 Å². The molecule has 0 spiro atoms. The Hall–Kier alpha value is -0.310. The molecule has 0 saturated carbocycles. The molecule has 0 amide bonds. The predicted molar refractivity (Wildman–Crippen MR) is 63.9 cm³/mol. The fraction of sp³-hybridized carbons (Fsp3) is 0.727. The van der Waals surface area contributed by atoms with Crippen LogP contribution in [-0.2, 0) is 19.9 Å². The van der Waals surface area contributed by atoms with Gasteiger partial charge in [0.25, 0.3) is 0 Å². The summed E-state index contributed by atoms with van der Waals surface area (Å²) in [7, 11) is 2.03. The maximum atomic E-state index is 4.43. The normalized spacial score (nSPS) is 13.1. The lowest BCUT2D eigenvalue weighted by molar-refractivity contribution is 0.660. The molecule has 0 aliphatic heterocycles. The van der Waals surface area contributed by atoms with Crippen LogP contribution in [0.1, 0.15) is 38.1 Å². The summed E-state index contributed by atoms with van der Waals surface area (Å²) in [6.45, 7) is 4.35. The van der Waals surface area contributed by atoms with Crippen LogP contribution in [0.4, 0.5) is 0 Å². The number of alkyl halides is 1. The van der Waals surface area contributed by atoms with Crippen molar-refractivity contribution in [1.82, 2.24) is 9.78 Å². The van der Waals surface area contributed by atoms with Gasteiger partial charge in [-0.15, -0.1) is 0 Å². The minimum absolute atomic E-state index is 0.641. The molecular formula is C11H19BrN2. The molecule has 14 heavy (non-hydrogen) atoms. The van der Waals surface area contributed by atoms with Crippen molar-refractivity contribution in [3.63, 3.8) is 0 Å². The van der Waals surface area contributed by atoms with Crippen LogP contribution in [0.2, 0.25) is 0 Å². The average Bonchev–Trinajstić information content (AvgIpc) is 2.55. The summed E-state index contributed by atoms with van der Waals surface area (Å²) < 4.78 is 2.01. The van der Waals surface area contributed by atoms with Crippen molar-refractivity contribution in [1.29, 1.82) is 0 Å². The third-order valence-corrected chi connectivity index (χ3v) is 3.65. The molecule has 1 rings (SSSR count). The third-order valence-electron chi connectivity index (χ3n) is 2.55. The van der Waals surface area contributed by atoms with Gasteiger partial charge in [0.15, 0.2) is 0 Å². The van der Waals surface area contributed by atoms with Crippen LogP contribution in [0.15, 0.2) is 6.07 Å². The smallest absolute Gasteiger partial charge is 0.0624 e. The molecule has 1 aromatic rings. The van der Waals surface area contributed by atoms with Crippen LogP contribution in [-0.4, -0.2) is 14.6 Å². The van der Waals surface area contributed by atoms with Gasteiger partial charge in [0.05, 0.1) is 5.69 Å². The Morgan fingerprint density at radius 3 is 2.71 bits per heavy atom. The van der Waals surface area contributed by atoms with Crippen molar-refractivity contribution >= 4 is 15.9 Å². The van der Waals surface area contributed by atoms with Crippen LogP contribution in [0.25, 0.3) is 0 Å². The van der Waals surface area contributed by atoms with Crippen molar-refractivity contribution < 1.29 is 0 Å². The molecule has 0 saturated heterocycles. The van der Waals surface area contributed by atoms with E-state index in [9.17, 15) is 0 Å². The second-order valence-corrected chi connectivity index (χ2v) is 4.94. The largest absolute Gasteiger partial charge is 0.272 e.